The standard InChI is InChI=1S/C21H17BrO3/c1-2-12-24-21(23)16-10-11-20(19(22)13-16)25-14-17-8-5-7-15-6-3-4-9-18(15)17/h2-11,13H,1,12,14H2. The molecule has 3 nitrogen and oxygen atoms in total. The molecule has 3 aromatic carbocycles. The van der Waals surface area contributed by atoms with Gasteiger partial charge in [0, 0.05) is 0 Å². The minimum absolute atomic E-state index is 0.190. The number of carbonyl (C=O) groups excluding carboxylic acids is 1. The second kappa shape index (κ2) is 7.99. The number of halogens is 1. The lowest BCUT2D eigenvalue weighted by molar-refractivity contribution is 0.0549. The normalized spacial score (nSPS) is 10.4. The molecule has 3 rings (SSSR count). The van der Waals surface area contributed by atoms with Crippen molar-refractivity contribution in [3.05, 3.63) is 88.9 Å². The number of hydrogen-bond acceptors (Lipinski definition) is 3. The first-order valence-corrected chi connectivity index (χ1v) is 8.65. The minimum Gasteiger partial charge on any atom is -0.488 e. The largest absolute Gasteiger partial charge is 0.488 e. The molecule has 0 saturated heterocycles. The van der Waals surface area contributed by atoms with Gasteiger partial charge in [0.1, 0.15) is 19.0 Å². The van der Waals surface area contributed by atoms with Crippen molar-refractivity contribution in [1.82, 2.24) is 0 Å². The Bertz CT molecular complexity index is 913. The average molecular weight is 397 g/mol. The smallest absolute Gasteiger partial charge is 0.338 e. The number of carbonyl (C=O) groups is 1. The van der Waals surface area contributed by atoms with Crippen LogP contribution in [0.3, 0.4) is 0 Å². The maximum atomic E-state index is 11.9. The molecular formula is C21H17BrO3. The summed E-state index contributed by atoms with van der Waals surface area (Å²) in [6.07, 6.45) is 1.54. The van der Waals surface area contributed by atoms with Gasteiger partial charge < -0.3 is 9.47 Å². The zero-order valence-corrected chi connectivity index (χ0v) is 15.2. The van der Waals surface area contributed by atoms with Gasteiger partial charge in [-0.05, 0) is 50.5 Å². The molecule has 0 amide bonds. The molecule has 0 heterocycles. The lowest BCUT2D eigenvalue weighted by atomic mass is 10.1. The number of fused-ring (bicyclic) bond motifs is 1. The van der Waals surface area contributed by atoms with Crippen LogP contribution in [0.15, 0.2) is 77.8 Å². The highest BCUT2D eigenvalue weighted by Gasteiger charge is 2.10. The van der Waals surface area contributed by atoms with E-state index < -0.39 is 0 Å². The third-order valence-corrected chi connectivity index (χ3v) is 4.38. The van der Waals surface area contributed by atoms with Crippen LogP contribution in [0.1, 0.15) is 15.9 Å². The van der Waals surface area contributed by atoms with Crippen LogP contribution in [0.2, 0.25) is 0 Å². The average Bonchev–Trinajstić information content (AvgIpc) is 2.65. The third kappa shape index (κ3) is 4.09. The maximum absolute atomic E-state index is 11.9. The molecule has 0 aliphatic heterocycles. The highest BCUT2D eigenvalue weighted by molar-refractivity contribution is 9.10. The van der Waals surface area contributed by atoms with Gasteiger partial charge in [-0.3, -0.25) is 0 Å². The van der Waals surface area contributed by atoms with Crippen LogP contribution >= 0.6 is 15.9 Å². The Morgan fingerprint density at radius 3 is 2.68 bits per heavy atom. The zero-order valence-electron chi connectivity index (χ0n) is 13.6. The minimum atomic E-state index is -0.388. The van der Waals surface area contributed by atoms with Gasteiger partial charge in [0.15, 0.2) is 0 Å². The molecule has 0 N–H and O–H groups in total. The summed E-state index contributed by atoms with van der Waals surface area (Å²) >= 11 is 3.45. The van der Waals surface area contributed by atoms with E-state index in [4.69, 9.17) is 9.47 Å². The van der Waals surface area contributed by atoms with Crippen molar-refractivity contribution in [3.63, 3.8) is 0 Å². The summed E-state index contributed by atoms with van der Waals surface area (Å²) in [4.78, 5) is 11.9. The molecule has 3 aromatic rings. The van der Waals surface area contributed by atoms with Gasteiger partial charge in [0.2, 0.25) is 0 Å². The molecule has 126 valence electrons. The fraction of sp³-hybridized carbons (Fsp3) is 0.0952. The van der Waals surface area contributed by atoms with E-state index in [9.17, 15) is 4.79 Å². The summed E-state index contributed by atoms with van der Waals surface area (Å²) in [5, 5.41) is 2.36. The van der Waals surface area contributed by atoms with Crippen LogP contribution < -0.4 is 4.74 Å². The summed E-state index contributed by atoms with van der Waals surface area (Å²) in [6, 6.07) is 19.5. The number of esters is 1. The van der Waals surface area contributed by atoms with Crippen LogP contribution in [-0.4, -0.2) is 12.6 Å². The lowest BCUT2D eigenvalue weighted by Crippen LogP contribution is -2.05. The van der Waals surface area contributed by atoms with Gasteiger partial charge in [-0.2, -0.15) is 0 Å². The number of hydrogen-bond donors (Lipinski definition) is 0. The topological polar surface area (TPSA) is 35.5 Å². The molecule has 0 unspecified atom stereocenters. The van der Waals surface area contributed by atoms with E-state index in [-0.39, 0.29) is 12.6 Å². The van der Waals surface area contributed by atoms with Crippen LogP contribution in [0, 0.1) is 0 Å². The second-order valence-electron chi connectivity index (χ2n) is 5.46. The van der Waals surface area contributed by atoms with E-state index in [2.05, 4.69) is 46.8 Å². The molecule has 0 bridgehead atoms. The first-order valence-electron chi connectivity index (χ1n) is 7.86. The van der Waals surface area contributed by atoms with E-state index in [0.717, 1.165) is 5.56 Å². The van der Waals surface area contributed by atoms with E-state index >= 15 is 0 Å². The lowest BCUT2D eigenvalue weighted by Gasteiger charge is -2.11. The molecule has 0 aliphatic rings. The van der Waals surface area contributed by atoms with Gasteiger partial charge >= 0.3 is 5.97 Å². The van der Waals surface area contributed by atoms with Gasteiger partial charge in [0.05, 0.1) is 10.0 Å². The Labute approximate surface area is 155 Å². The fourth-order valence-electron chi connectivity index (χ4n) is 2.54. The molecule has 0 fully saturated rings. The molecule has 0 aliphatic carbocycles. The summed E-state index contributed by atoms with van der Waals surface area (Å²) in [5.41, 5.74) is 1.57. The van der Waals surface area contributed by atoms with Gasteiger partial charge in [-0.25, -0.2) is 4.79 Å². The predicted molar refractivity (Wildman–Crippen MR) is 103 cm³/mol. The summed E-state index contributed by atoms with van der Waals surface area (Å²) < 4.78 is 11.7. The Hall–Kier alpha value is -2.59. The Balaban J connectivity index is 1.75. The van der Waals surface area contributed by atoms with Crippen molar-refractivity contribution in [3.8, 4) is 5.75 Å². The van der Waals surface area contributed by atoms with E-state index in [1.807, 2.05) is 18.2 Å². The van der Waals surface area contributed by atoms with Crippen LogP contribution in [0.5, 0.6) is 5.75 Å². The van der Waals surface area contributed by atoms with Crippen LogP contribution in [0.4, 0.5) is 0 Å². The first kappa shape index (κ1) is 17.2. The molecule has 0 radical (unpaired) electrons. The monoisotopic (exact) mass is 396 g/mol. The SMILES string of the molecule is C=CCOC(=O)c1ccc(OCc2cccc3ccccc23)c(Br)c1. The second-order valence-corrected chi connectivity index (χ2v) is 6.31. The number of rotatable bonds is 6. The molecule has 4 heteroatoms. The molecule has 25 heavy (non-hydrogen) atoms. The summed E-state index contributed by atoms with van der Waals surface area (Å²) in [5.74, 6) is 0.286. The van der Waals surface area contributed by atoms with E-state index in [1.54, 1.807) is 18.2 Å². The predicted octanol–water partition coefficient (Wildman–Crippen LogP) is 5.52. The molecule has 0 spiro atoms. The quantitative estimate of drug-likeness (QED) is 0.406. The molecule has 0 atom stereocenters. The first-order chi connectivity index (χ1) is 12.2. The highest BCUT2D eigenvalue weighted by atomic mass is 79.9. The molecule has 0 aromatic heterocycles. The van der Waals surface area contributed by atoms with Crippen molar-refractivity contribution < 1.29 is 14.3 Å². The van der Waals surface area contributed by atoms with Crippen molar-refractivity contribution in [2.24, 2.45) is 0 Å². The Morgan fingerprint density at radius 2 is 1.88 bits per heavy atom. The zero-order chi connectivity index (χ0) is 17.6. The van der Waals surface area contributed by atoms with Crippen molar-refractivity contribution in [2.45, 2.75) is 6.61 Å². The van der Waals surface area contributed by atoms with Gasteiger partial charge in [-0.1, -0.05) is 55.1 Å². The third-order valence-electron chi connectivity index (χ3n) is 3.76. The van der Waals surface area contributed by atoms with Gasteiger partial charge in [0.25, 0.3) is 0 Å². The van der Waals surface area contributed by atoms with Crippen molar-refractivity contribution in [2.75, 3.05) is 6.61 Å². The number of benzene rings is 3. The number of ether oxygens (including phenoxy) is 2. The van der Waals surface area contributed by atoms with Gasteiger partial charge in [-0.15, -0.1) is 0 Å². The fourth-order valence-corrected chi connectivity index (χ4v) is 3.03. The van der Waals surface area contributed by atoms with E-state index in [1.165, 1.54) is 16.8 Å². The van der Waals surface area contributed by atoms with Crippen molar-refractivity contribution in [1.29, 1.82) is 0 Å². The maximum Gasteiger partial charge on any atom is 0.338 e. The van der Waals surface area contributed by atoms with Crippen LogP contribution in [0.25, 0.3) is 10.8 Å². The van der Waals surface area contributed by atoms with E-state index in [0.29, 0.717) is 22.4 Å². The Morgan fingerprint density at radius 1 is 1.08 bits per heavy atom. The molecular weight excluding hydrogens is 380 g/mol. The van der Waals surface area contributed by atoms with Crippen molar-refractivity contribution >= 4 is 32.7 Å². The van der Waals surface area contributed by atoms with Crippen LogP contribution in [-0.2, 0) is 11.3 Å². The molecule has 0 saturated carbocycles. The summed E-state index contributed by atoms with van der Waals surface area (Å²) in [7, 11) is 0. The summed E-state index contributed by atoms with van der Waals surface area (Å²) in [6.45, 7) is 4.16. The Kier molecular flexibility index (Phi) is 5.51. The highest BCUT2D eigenvalue weighted by Crippen LogP contribution is 2.28.